The number of thiazole rings is 1. The van der Waals surface area contributed by atoms with E-state index >= 15 is 0 Å². The molecule has 128 valence electrons. The number of nitrogens with zero attached hydrogens (tertiary/aromatic N) is 2. The van der Waals surface area contributed by atoms with E-state index in [-0.39, 0.29) is 16.7 Å². The molecule has 0 saturated carbocycles. The Morgan fingerprint density at radius 2 is 1.92 bits per heavy atom. The Kier molecular flexibility index (Phi) is 4.26. The third-order valence-electron chi connectivity index (χ3n) is 3.82. The van der Waals surface area contributed by atoms with E-state index in [1.807, 2.05) is 12.1 Å². The zero-order valence-corrected chi connectivity index (χ0v) is 14.9. The molecule has 25 heavy (non-hydrogen) atoms. The predicted molar refractivity (Wildman–Crippen MR) is 99.4 cm³/mol. The largest absolute Gasteiger partial charge is 0.298 e. The quantitative estimate of drug-likeness (QED) is 0.542. The number of nitro benzene ring substituents is 1. The molecule has 7 heteroatoms. The fourth-order valence-electron chi connectivity index (χ4n) is 2.43. The van der Waals surface area contributed by atoms with Crippen molar-refractivity contribution in [2.45, 2.75) is 26.2 Å². The van der Waals surface area contributed by atoms with Gasteiger partial charge in [-0.2, -0.15) is 0 Å². The molecule has 0 aliphatic carbocycles. The Balaban J connectivity index is 1.91. The van der Waals surface area contributed by atoms with Crippen LogP contribution in [0.5, 0.6) is 0 Å². The zero-order chi connectivity index (χ0) is 18.2. The molecule has 2 aromatic carbocycles. The highest BCUT2D eigenvalue weighted by Crippen LogP contribution is 2.31. The molecule has 1 aromatic heterocycles. The Morgan fingerprint density at radius 1 is 1.20 bits per heavy atom. The number of nitrogens with one attached hydrogen (secondary N) is 1. The van der Waals surface area contributed by atoms with Crippen LogP contribution < -0.4 is 5.32 Å². The Hall–Kier alpha value is -2.80. The van der Waals surface area contributed by atoms with Gasteiger partial charge in [0.15, 0.2) is 5.13 Å². The van der Waals surface area contributed by atoms with Gasteiger partial charge in [0, 0.05) is 6.07 Å². The van der Waals surface area contributed by atoms with Gasteiger partial charge in [-0.3, -0.25) is 20.2 Å². The van der Waals surface area contributed by atoms with Crippen molar-refractivity contribution in [3.63, 3.8) is 0 Å². The van der Waals surface area contributed by atoms with E-state index in [2.05, 4.69) is 37.1 Å². The number of para-hydroxylation sites is 1. The third-order valence-corrected chi connectivity index (χ3v) is 4.75. The first-order valence-electron chi connectivity index (χ1n) is 7.71. The molecule has 0 spiro atoms. The molecule has 0 bridgehead atoms. The number of fused-ring (bicyclic) bond motifs is 1. The minimum atomic E-state index is -0.567. The van der Waals surface area contributed by atoms with E-state index in [0.29, 0.717) is 5.13 Å². The van der Waals surface area contributed by atoms with Crippen molar-refractivity contribution in [1.82, 2.24) is 4.98 Å². The van der Waals surface area contributed by atoms with Crippen LogP contribution in [0.4, 0.5) is 10.8 Å². The fourth-order valence-corrected chi connectivity index (χ4v) is 3.33. The lowest BCUT2D eigenvalue weighted by Crippen LogP contribution is -2.13. The van der Waals surface area contributed by atoms with Crippen LogP contribution in [0.25, 0.3) is 10.2 Å². The van der Waals surface area contributed by atoms with Crippen molar-refractivity contribution in [2.24, 2.45) is 0 Å². The van der Waals surface area contributed by atoms with Gasteiger partial charge in [0.2, 0.25) is 0 Å². The molecule has 3 rings (SSSR count). The number of hydrogen-bond donors (Lipinski definition) is 1. The van der Waals surface area contributed by atoms with Gasteiger partial charge >= 0.3 is 0 Å². The van der Waals surface area contributed by atoms with Gasteiger partial charge in [-0.15, -0.1) is 0 Å². The number of amides is 1. The lowest BCUT2D eigenvalue weighted by atomic mass is 9.87. The normalized spacial score (nSPS) is 11.5. The van der Waals surface area contributed by atoms with Crippen LogP contribution in [-0.4, -0.2) is 15.8 Å². The molecular formula is C18H17N3O3S. The summed E-state index contributed by atoms with van der Waals surface area (Å²) in [7, 11) is 0. The molecule has 1 N–H and O–H groups in total. The Labute approximate surface area is 148 Å². The maximum absolute atomic E-state index is 12.4. The number of nitro groups is 1. The highest BCUT2D eigenvalue weighted by Gasteiger charge is 2.21. The lowest BCUT2D eigenvalue weighted by Gasteiger charge is -2.18. The van der Waals surface area contributed by atoms with Gasteiger partial charge in [-0.1, -0.05) is 50.3 Å². The minimum absolute atomic E-state index is 0.0159. The molecular weight excluding hydrogens is 338 g/mol. The van der Waals surface area contributed by atoms with Crippen molar-refractivity contribution in [3.05, 3.63) is 63.7 Å². The molecule has 0 unspecified atom stereocenters. The van der Waals surface area contributed by atoms with Crippen LogP contribution >= 0.6 is 11.3 Å². The van der Waals surface area contributed by atoms with Gasteiger partial charge in [0.1, 0.15) is 5.56 Å². The summed E-state index contributed by atoms with van der Waals surface area (Å²) in [5, 5.41) is 14.1. The van der Waals surface area contributed by atoms with Crippen LogP contribution in [0.15, 0.2) is 42.5 Å². The van der Waals surface area contributed by atoms with Crippen LogP contribution in [0, 0.1) is 10.1 Å². The molecule has 0 atom stereocenters. The molecule has 0 aliphatic rings. The number of anilines is 1. The molecule has 1 amide bonds. The summed E-state index contributed by atoms with van der Waals surface area (Å²) < 4.78 is 0.963. The minimum Gasteiger partial charge on any atom is -0.298 e. The van der Waals surface area contributed by atoms with Crippen LogP contribution in [-0.2, 0) is 5.41 Å². The van der Waals surface area contributed by atoms with Crippen LogP contribution in [0.1, 0.15) is 36.7 Å². The number of rotatable bonds is 3. The first-order valence-corrected chi connectivity index (χ1v) is 8.53. The maximum atomic E-state index is 12.4. The molecule has 6 nitrogen and oxygen atoms in total. The van der Waals surface area contributed by atoms with Crippen molar-refractivity contribution >= 4 is 38.3 Å². The van der Waals surface area contributed by atoms with Crippen LogP contribution in [0.3, 0.4) is 0 Å². The highest BCUT2D eigenvalue weighted by molar-refractivity contribution is 7.22. The first-order chi connectivity index (χ1) is 11.8. The second-order valence-electron chi connectivity index (χ2n) is 6.68. The molecule has 0 aliphatic heterocycles. The summed E-state index contributed by atoms with van der Waals surface area (Å²) in [6.45, 7) is 6.39. The average molecular weight is 355 g/mol. The lowest BCUT2D eigenvalue weighted by molar-refractivity contribution is -0.385. The monoisotopic (exact) mass is 355 g/mol. The van der Waals surface area contributed by atoms with E-state index in [9.17, 15) is 14.9 Å². The van der Waals surface area contributed by atoms with Gasteiger partial charge in [0.05, 0.1) is 15.1 Å². The summed E-state index contributed by atoms with van der Waals surface area (Å²) in [4.78, 5) is 27.3. The van der Waals surface area contributed by atoms with E-state index in [0.717, 1.165) is 10.2 Å². The number of aromatic nitrogens is 1. The molecule has 0 fully saturated rings. The zero-order valence-electron chi connectivity index (χ0n) is 14.1. The molecule has 3 aromatic rings. The third kappa shape index (κ3) is 3.51. The van der Waals surface area contributed by atoms with E-state index in [1.54, 1.807) is 6.07 Å². The van der Waals surface area contributed by atoms with Crippen molar-refractivity contribution in [3.8, 4) is 0 Å². The van der Waals surface area contributed by atoms with E-state index in [4.69, 9.17) is 0 Å². The number of carbonyl (C=O) groups excluding carboxylic acids is 1. The van der Waals surface area contributed by atoms with Gasteiger partial charge in [0.25, 0.3) is 11.6 Å². The summed E-state index contributed by atoms with van der Waals surface area (Å²) in [6.07, 6.45) is 0. The SMILES string of the molecule is CC(C)(C)c1ccc2nc(NC(=O)c3ccccc3[N+](=O)[O-])sc2c1. The maximum Gasteiger partial charge on any atom is 0.282 e. The average Bonchev–Trinajstić information content (AvgIpc) is 2.95. The second kappa shape index (κ2) is 6.25. The van der Waals surface area contributed by atoms with E-state index in [1.165, 1.54) is 35.1 Å². The van der Waals surface area contributed by atoms with Crippen molar-refractivity contribution in [1.29, 1.82) is 0 Å². The first kappa shape index (κ1) is 17.0. The van der Waals surface area contributed by atoms with Gasteiger partial charge < -0.3 is 0 Å². The standard InChI is InChI=1S/C18H17N3O3S/c1-18(2,3)11-8-9-13-15(10-11)25-17(19-13)20-16(22)12-6-4-5-7-14(12)21(23)24/h4-10H,1-3H3,(H,19,20,22). The fraction of sp³-hybridized carbons (Fsp3) is 0.222. The van der Waals surface area contributed by atoms with Gasteiger partial charge in [-0.05, 0) is 29.2 Å². The summed E-state index contributed by atoms with van der Waals surface area (Å²) in [5.74, 6) is -0.539. The number of hydrogen-bond acceptors (Lipinski definition) is 5. The van der Waals surface area contributed by atoms with Crippen molar-refractivity contribution < 1.29 is 9.72 Å². The van der Waals surface area contributed by atoms with Gasteiger partial charge in [-0.25, -0.2) is 4.98 Å². The topological polar surface area (TPSA) is 85.1 Å². The van der Waals surface area contributed by atoms with Crippen LogP contribution in [0.2, 0.25) is 0 Å². The number of benzene rings is 2. The Morgan fingerprint density at radius 3 is 2.60 bits per heavy atom. The van der Waals surface area contributed by atoms with E-state index < -0.39 is 10.8 Å². The molecule has 0 radical (unpaired) electrons. The smallest absolute Gasteiger partial charge is 0.282 e. The Bertz CT molecular complexity index is 973. The summed E-state index contributed by atoms with van der Waals surface area (Å²) in [5.41, 5.74) is 1.78. The number of carbonyl (C=O) groups is 1. The predicted octanol–water partition coefficient (Wildman–Crippen LogP) is 4.75. The summed E-state index contributed by atoms with van der Waals surface area (Å²) in [6, 6.07) is 11.9. The van der Waals surface area contributed by atoms with Crippen molar-refractivity contribution in [2.75, 3.05) is 5.32 Å². The summed E-state index contributed by atoms with van der Waals surface area (Å²) >= 11 is 1.35. The highest BCUT2D eigenvalue weighted by atomic mass is 32.1. The molecule has 1 heterocycles. The molecule has 0 saturated heterocycles. The second-order valence-corrected chi connectivity index (χ2v) is 7.71.